The second kappa shape index (κ2) is 8.47. The Morgan fingerprint density at radius 3 is 2.39 bits per heavy atom. The molecule has 1 aromatic heterocycles. The van der Waals surface area contributed by atoms with Crippen molar-refractivity contribution in [3.8, 4) is 17.1 Å². The van der Waals surface area contributed by atoms with Crippen LogP contribution in [0.2, 0.25) is 0 Å². The summed E-state index contributed by atoms with van der Waals surface area (Å²) in [5.41, 5.74) is 2.52. The number of aryl methyl sites for hydroxylation is 1. The first-order valence-electron chi connectivity index (χ1n) is 8.76. The van der Waals surface area contributed by atoms with E-state index in [4.69, 9.17) is 14.0 Å². The van der Waals surface area contributed by atoms with Crippen LogP contribution in [0.5, 0.6) is 5.75 Å². The van der Waals surface area contributed by atoms with Gasteiger partial charge in [0.05, 0.1) is 0 Å². The number of benzene rings is 2. The first-order chi connectivity index (χ1) is 13.4. The van der Waals surface area contributed by atoms with Gasteiger partial charge in [-0.25, -0.2) is 4.79 Å². The molecule has 0 radical (unpaired) electrons. The van der Waals surface area contributed by atoms with Gasteiger partial charge >= 0.3 is 5.97 Å². The number of rotatable bonds is 7. The summed E-state index contributed by atoms with van der Waals surface area (Å²) in [4.78, 5) is 27.6. The molecule has 3 aromatic rings. The monoisotopic (exact) mass is 380 g/mol. The van der Waals surface area contributed by atoms with Crippen molar-refractivity contribution in [2.45, 2.75) is 33.5 Å². The summed E-state index contributed by atoms with van der Waals surface area (Å²) >= 11 is 0. The van der Waals surface area contributed by atoms with Crippen molar-refractivity contribution >= 4 is 11.8 Å². The third-order valence-electron chi connectivity index (χ3n) is 4.02. The van der Waals surface area contributed by atoms with E-state index < -0.39 is 12.1 Å². The molecule has 3 rings (SSSR count). The number of hydrogen-bond acceptors (Lipinski definition) is 7. The maximum Gasteiger partial charge on any atom is 0.347 e. The maximum atomic E-state index is 12.1. The van der Waals surface area contributed by atoms with E-state index in [1.165, 1.54) is 6.92 Å². The summed E-state index contributed by atoms with van der Waals surface area (Å²) in [6.45, 7) is 4.91. The van der Waals surface area contributed by atoms with Crippen LogP contribution in [0.3, 0.4) is 0 Å². The summed E-state index contributed by atoms with van der Waals surface area (Å²) in [5.74, 6) is 0.492. The molecule has 144 valence electrons. The third kappa shape index (κ3) is 4.82. The Morgan fingerprint density at radius 1 is 1.07 bits per heavy atom. The summed E-state index contributed by atoms with van der Waals surface area (Å²) in [5, 5.41) is 3.89. The molecule has 0 saturated carbocycles. The second-order valence-corrected chi connectivity index (χ2v) is 6.33. The van der Waals surface area contributed by atoms with Gasteiger partial charge in [0.2, 0.25) is 5.82 Å². The SMILES string of the molecule is CC(=O)c1ccc(O[C@H](C)C(=O)OCc2nc(-c3ccc(C)cc3)no2)cc1. The molecule has 7 nitrogen and oxygen atoms in total. The average Bonchev–Trinajstić information content (AvgIpc) is 3.16. The van der Waals surface area contributed by atoms with E-state index in [1.54, 1.807) is 31.2 Å². The zero-order chi connectivity index (χ0) is 20.1. The molecule has 0 bridgehead atoms. The topological polar surface area (TPSA) is 91.5 Å². The predicted molar refractivity (Wildman–Crippen MR) is 101 cm³/mol. The number of carbonyl (C=O) groups is 2. The van der Waals surface area contributed by atoms with Crippen LogP contribution in [-0.4, -0.2) is 28.0 Å². The minimum atomic E-state index is -0.831. The van der Waals surface area contributed by atoms with Gasteiger partial charge in [0.15, 0.2) is 18.5 Å². The van der Waals surface area contributed by atoms with Crippen molar-refractivity contribution in [3.63, 3.8) is 0 Å². The second-order valence-electron chi connectivity index (χ2n) is 6.33. The van der Waals surface area contributed by atoms with Crippen molar-refractivity contribution in [1.82, 2.24) is 10.1 Å². The number of aromatic nitrogens is 2. The molecular weight excluding hydrogens is 360 g/mol. The van der Waals surface area contributed by atoms with Crippen LogP contribution in [-0.2, 0) is 16.1 Å². The molecule has 0 unspecified atom stereocenters. The maximum absolute atomic E-state index is 12.1. The molecule has 0 saturated heterocycles. The van der Waals surface area contributed by atoms with Crippen molar-refractivity contribution in [2.24, 2.45) is 0 Å². The highest BCUT2D eigenvalue weighted by molar-refractivity contribution is 5.94. The van der Waals surface area contributed by atoms with Gasteiger partial charge in [0.25, 0.3) is 5.89 Å². The van der Waals surface area contributed by atoms with Crippen molar-refractivity contribution < 1.29 is 23.6 Å². The fourth-order valence-corrected chi connectivity index (χ4v) is 2.40. The Hall–Kier alpha value is -3.48. The Bertz CT molecular complexity index is 961. The standard InChI is InChI=1S/C21H20N2O5/c1-13-4-6-17(7-5-13)20-22-19(28-23-20)12-26-21(25)15(3)27-18-10-8-16(9-11-18)14(2)24/h4-11,15H,12H2,1-3H3/t15-/m1/s1. The number of hydrogen-bond donors (Lipinski definition) is 0. The number of esters is 1. The van der Waals surface area contributed by atoms with Crippen LogP contribution in [0.25, 0.3) is 11.4 Å². The molecule has 1 atom stereocenters. The molecule has 0 fully saturated rings. The Labute approximate surface area is 162 Å². The minimum absolute atomic E-state index is 0.0384. The van der Waals surface area contributed by atoms with Gasteiger partial charge < -0.3 is 14.0 Å². The molecule has 28 heavy (non-hydrogen) atoms. The first kappa shape index (κ1) is 19.3. The molecule has 0 spiro atoms. The number of Topliss-reactive ketones (excluding diaryl/α,β-unsaturated/α-hetero) is 1. The molecule has 0 aliphatic carbocycles. The highest BCUT2D eigenvalue weighted by atomic mass is 16.6. The fraction of sp³-hybridized carbons (Fsp3) is 0.238. The van der Waals surface area contributed by atoms with Gasteiger partial charge in [-0.3, -0.25) is 4.79 Å². The van der Waals surface area contributed by atoms with Gasteiger partial charge in [-0.15, -0.1) is 0 Å². The van der Waals surface area contributed by atoms with Crippen LogP contribution in [0.15, 0.2) is 53.1 Å². The molecular formula is C21H20N2O5. The molecule has 0 aliphatic rings. The zero-order valence-corrected chi connectivity index (χ0v) is 15.8. The lowest BCUT2D eigenvalue weighted by molar-refractivity contribution is -0.153. The number of ether oxygens (including phenoxy) is 2. The number of ketones is 1. The van der Waals surface area contributed by atoms with E-state index in [2.05, 4.69) is 10.1 Å². The number of nitrogens with zero attached hydrogens (tertiary/aromatic N) is 2. The summed E-state index contributed by atoms with van der Waals surface area (Å²) in [6.07, 6.45) is -0.831. The van der Waals surface area contributed by atoms with E-state index in [-0.39, 0.29) is 18.3 Å². The van der Waals surface area contributed by atoms with Crippen LogP contribution in [0, 0.1) is 6.92 Å². The smallest absolute Gasteiger partial charge is 0.347 e. The Kier molecular flexibility index (Phi) is 5.84. The molecule has 7 heteroatoms. The van der Waals surface area contributed by atoms with Crippen LogP contribution in [0.4, 0.5) is 0 Å². The largest absolute Gasteiger partial charge is 0.479 e. The van der Waals surface area contributed by atoms with Gasteiger partial charge in [-0.05, 0) is 45.0 Å². The van der Waals surface area contributed by atoms with Crippen LogP contribution in [0.1, 0.15) is 35.7 Å². The summed E-state index contributed by atoms with van der Waals surface area (Å²) in [6, 6.07) is 14.2. The lowest BCUT2D eigenvalue weighted by atomic mass is 10.1. The Morgan fingerprint density at radius 2 is 1.75 bits per heavy atom. The van der Waals surface area contributed by atoms with Crippen molar-refractivity contribution in [3.05, 3.63) is 65.5 Å². The van der Waals surface area contributed by atoms with Crippen molar-refractivity contribution in [1.29, 1.82) is 0 Å². The van der Waals surface area contributed by atoms with Crippen LogP contribution < -0.4 is 4.74 Å². The Balaban J connectivity index is 1.53. The van der Waals surface area contributed by atoms with Gasteiger partial charge in [0, 0.05) is 11.1 Å². The minimum Gasteiger partial charge on any atom is -0.479 e. The van der Waals surface area contributed by atoms with Crippen molar-refractivity contribution in [2.75, 3.05) is 0 Å². The normalized spacial score (nSPS) is 11.7. The lowest BCUT2D eigenvalue weighted by Gasteiger charge is -2.13. The lowest BCUT2D eigenvalue weighted by Crippen LogP contribution is -2.26. The van der Waals surface area contributed by atoms with E-state index >= 15 is 0 Å². The fourth-order valence-electron chi connectivity index (χ4n) is 2.40. The number of carbonyl (C=O) groups excluding carboxylic acids is 2. The third-order valence-corrected chi connectivity index (χ3v) is 4.02. The average molecular weight is 380 g/mol. The first-order valence-corrected chi connectivity index (χ1v) is 8.76. The quantitative estimate of drug-likeness (QED) is 0.455. The molecule has 0 N–H and O–H groups in total. The molecule has 1 heterocycles. The van der Waals surface area contributed by atoms with E-state index in [9.17, 15) is 9.59 Å². The van der Waals surface area contributed by atoms with Gasteiger partial charge in [0.1, 0.15) is 5.75 Å². The summed E-state index contributed by atoms with van der Waals surface area (Å²) in [7, 11) is 0. The molecule has 0 aliphatic heterocycles. The highest BCUT2D eigenvalue weighted by Crippen LogP contribution is 2.17. The summed E-state index contributed by atoms with van der Waals surface area (Å²) < 4.78 is 15.8. The highest BCUT2D eigenvalue weighted by Gasteiger charge is 2.18. The van der Waals surface area contributed by atoms with E-state index in [0.29, 0.717) is 17.1 Å². The van der Waals surface area contributed by atoms with Gasteiger partial charge in [-0.2, -0.15) is 4.98 Å². The zero-order valence-electron chi connectivity index (χ0n) is 15.8. The van der Waals surface area contributed by atoms with Crippen LogP contribution >= 0.6 is 0 Å². The predicted octanol–water partition coefficient (Wildman–Crippen LogP) is 3.76. The van der Waals surface area contributed by atoms with E-state index in [1.807, 2.05) is 31.2 Å². The molecule has 2 aromatic carbocycles. The van der Waals surface area contributed by atoms with Gasteiger partial charge in [-0.1, -0.05) is 35.0 Å². The molecule has 0 amide bonds. The van der Waals surface area contributed by atoms with E-state index in [0.717, 1.165) is 11.1 Å².